The molecule has 2 N–H and O–H groups in total. The van der Waals surface area contributed by atoms with Crippen LogP contribution in [0.15, 0.2) is 29.4 Å². The van der Waals surface area contributed by atoms with Crippen molar-refractivity contribution in [3.63, 3.8) is 0 Å². The fourth-order valence-electron chi connectivity index (χ4n) is 2.04. The van der Waals surface area contributed by atoms with Crippen molar-refractivity contribution in [2.24, 2.45) is 5.92 Å². The van der Waals surface area contributed by atoms with E-state index in [-0.39, 0.29) is 29.4 Å². The van der Waals surface area contributed by atoms with E-state index in [1.54, 1.807) is 19.1 Å². The molecule has 0 spiro atoms. The molecular weight excluding hydrogens is 303 g/mol. The van der Waals surface area contributed by atoms with E-state index >= 15 is 0 Å². The molecule has 1 unspecified atom stereocenters. The Kier molecular flexibility index (Phi) is 5.54. The lowest BCUT2D eigenvalue weighted by Crippen LogP contribution is -2.33. The Labute approximate surface area is 133 Å². The molecule has 0 saturated heterocycles. The van der Waals surface area contributed by atoms with Gasteiger partial charge in [-0.3, -0.25) is 9.89 Å². The highest BCUT2D eigenvalue weighted by Crippen LogP contribution is 2.22. The van der Waals surface area contributed by atoms with Crippen molar-refractivity contribution < 1.29 is 9.18 Å². The van der Waals surface area contributed by atoms with Crippen molar-refractivity contribution in [2.45, 2.75) is 32.0 Å². The third kappa shape index (κ3) is 4.56. The summed E-state index contributed by atoms with van der Waals surface area (Å²) in [7, 11) is 0. The molecule has 2 rings (SSSR count). The lowest BCUT2D eigenvalue weighted by Gasteiger charge is -2.22. The molecule has 118 valence electrons. The zero-order valence-corrected chi connectivity index (χ0v) is 13.6. The fourth-order valence-corrected chi connectivity index (χ4v) is 2.69. The molecule has 1 aromatic carbocycles. The van der Waals surface area contributed by atoms with Gasteiger partial charge in [-0.25, -0.2) is 9.37 Å². The maximum Gasteiger partial charge on any atom is 0.230 e. The summed E-state index contributed by atoms with van der Waals surface area (Å²) in [5.74, 6) is 0.768. The predicted molar refractivity (Wildman–Crippen MR) is 84.0 cm³/mol. The minimum Gasteiger partial charge on any atom is -0.348 e. The second-order valence-corrected chi connectivity index (χ2v) is 6.28. The molecule has 0 aliphatic heterocycles. The molecule has 0 aliphatic carbocycles. The molecule has 1 atom stereocenters. The number of aryl methyl sites for hydroxylation is 1. The number of nitrogens with one attached hydrogen (secondary N) is 2. The van der Waals surface area contributed by atoms with E-state index in [1.807, 2.05) is 13.8 Å². The van der Waals surface area contributed by atoms with Crippen LogP contribution in [-0.4, -0.2) is 26.8 Å². The third-order valence-electron chi connectivity index (χ3n) is 3.12. The number of aromatic amines is 1. The van der Waals surface area contributed by atoms with Crippen LogP contribution in [0, 0.1) is 18.7 Å². The predicted octanol–water partition coefficient (Wildman–Crippen LogP) is 2.86. The second kappa shape index (κ2) is 7.40. The highest BCUT2D eigenvalue weighted by Gasteiger charge is 2.18. The molecule has 0 aliphatic rings. The lowest BCUT2D eigenvalue weighted by molar-refractivity contribution is -0.119. The number of carbonyl (C=O) groups is 1. The quantitative estimate of drug-likeness (QED) is 0.802. The smallest absolute Gasteiger partial charge is 0.230 e. The number of nitrogens with zero attached hydrogens (tertiary/aromatic N) is 2. The zero-order valence-electron chi connectivity index (χ0n) is 12.8. The van der Waals surface area contributed by atoms with Crippen molar-refractivity contribution in [1.82, 2.24) is 20.5 Å². The summed E-state index contributed by atoms with van der Waals surface area (Å²) >= 11 is 1.28. The number of thioether (sulfide) groups is 1. The van der Waals surface area contributed by atoms with Crippen LogP contribution in [0.5, 0.6) is 0 Å². The van der Waals surface area contributed by atoms with Gasteiger partial charge in [-0.15, -0.1) is 5.10 Å². The summed E-state index contributed by atoms with van der Waals surface area (Å²) in [6, 6.07) is 6.06. The zero-order chi connectivity index (χ0) is 16.1. The Morgan fingerprint density at radius 2 is 2.05 bits per heavy atom. The molecular formula is C15H19FN4OS. The number of hydrogen-bond donors (Lipinski definition) is 2. The molecule has 2 aromatic rings. The van der Waals surface area contributed by atoms with Crippen LogP contribution in [0.1, 0.15) is 31.3 Å². The lowest BCUT2D eigenvalue weighted by atomic mass is 9.96. The molecule has 1 amide bonds. The Morgan fingerprint density at radius 1 is 1.36 bits per heavy atom. The molecule has 7 heteroatoms. The monoisotopic (exact) mass is 322 g/mol. The Bertz CT molecular complexity index is 627. The van der Waals surface area contributed by atoms with Gasteiger partial charge in [-0.2, -0.15) is 0 Å². The summed E-state index contributed by atoms with van der Waals surface area (Å²) < 4.78 is 13.0. The Morgan fingerprint density at radius 3 is 2.59 bits per heavy atom. The molecule has 0 fully saturated rings. The third-order valence-corrected chi connectivity index (χ3v) is 3.97. The summed E-state index contributed by atoms with van der Waals surface area (Å²) in [5, 5.41) is 10.2. The first-order valence-electron chi connectivity index (χ1n) is 7.02. The van der Waals surface area contributed by atoms with Crippen molar-refractivity contribution in [3.05, 3.63) is 41.5 Å². The normalized spacial score (nSPS) is 12.4. The summed E-state index contributed by atoms with van der Waals surface area (Å²) in [6.07, 6.45) is 0. The van der Waals surface area contributed by atoms with E-state index in [4.69, 9.17) is 0 Å². The molecule has 1 aromatic heterocycles. The molecule has 0 bridgehead atoms. The minimum atomic E-state index is -0.284. The Balaban J connectivity index is 1.95. The first-order chi connectivity index (χ1) is 10.5. The van der Waals surface area contributed by atoms with Gasteiger partial charge >= 0.3 is 0 Å². The number of aromatic nitrogens is 3. The van der Waals surface area contributed by atoms with E-state index in [9.17, 15) is 9.18 Å². The largest absolute Gasteiger partial charge is 0.348 e. The van der Waals surface area contributed by atoms with E-state index in [0.29, 0.717) is 11.0 Å². The van der Waals surface area contributed by atoms with E-state index in [1.165, 1.54) is 23.9 Å². The van der Waals surface area contributed by atoms with Crippen molar-refractivity contribution >= 4 is 17.7 Å². The molecule has 1 heterocycles. The first kappa shape index (κ1) is 16.5. The van der Waals surface area contributed by atoms with Crippen LogP contribution < -0.4 is 5.32 Å². The average Bonchev–Trinajstić information content (AvgIpc) is 2.89. The van der Waals surface area contributed by atoms with E-state index < -0.39 is 0 Å². The van der Waals surface area contributed by atoms with Crippen molar-refractivity contribution in [3.8, 4) is 0 Å². The van der Waals surface area contributed by atoms with Gasteiger partial charge in [-0.05, 0) is 30.5 Å². The van der Waals surface area contributed by atoms with Gasteiger partial charge < -0.3 is 5.32 Å². The number of carbonyl (C=O) groups excluding carboxylic acids is 1. The topological polar surface area (TPSA) is 70.7 Å². The summed E-state index contributed by atoms with van der Waals surface area (Å²) in [4.78, 5) is 16.2. The van der Waals surface area contributed by atoms with Gasteiger partial charge in [-0.1, -0.05) is 37.7 Å². The Hall–Kier alpha value is -1.89. The van der Waals surface area contributed by atoms with E-state index in [0.717, 1.165) is 5.56 Å². The molecule has 22 heavy (non-hydrogen) atoms. The maximum atomic E-state index is 13.0. The van der Waals surface area contributed by atoms with Gasteiger partial charge in [0.1, 0.15) is 11.6 Å². The summed E-state index contributed by atoms with van der Waals surface area (Å²) in [5.41, 5.74) is 0.892. The SMILES string of the molecule is Cc1nc(SCC(=O)NC(c2ccc(F)cc2)C(C)C)n[nH]1. The average molecular weight is 322 g/mol. The standard InChI is InChI=1S/C15H19FN4OS/c1-9(2)14(11-4-6-12(16)7-5-11)18-13(21)8-22-15-17-10(3)19-20-15/h4-7,9,14H,8H2,1-3H3,(H,18,21)(H,17,19,20). The van der Waals surface area contributed by atoms with Gasteiger partial charge in [0.05, 0.1) is 11.8 Å². The van der Waals surface area contributed by atoms with Crippen LogP contribution in [0.2, 0.25) is 0 Å². The maximum absolute atomic E-state index is 13.0. The number of amides is 1. The number of H-pyrrole nitrogens is 1. The van der Waals surface area contributed by atoms with Gasteiger partial charge in [0.15, 0.2) is 0 Å². The van der Waals surface area contributed by atoms with Crippen molar-refractivity contribution in [2.75, 3.05) is 5.75 Å². The highest BCUT2D eigenvalue weighted by atomic mass is 32.2. The number of benzene rings is 1. The molecule has 5 nitrogen and oxygen atoms in total. The van der Waals surface area contributed by atoms with Gasteiger partial charge in [0, 0.05) is 0 Å². The second-order valence-electron chi connectivity index (χ2n) is 5.33. The minimum absolute atomic E-state index is 0.101. The molecule has 0 saturated carbocycles. The van der Waals surface area contributed by atoms with Gasteiger partial charge in [0.2, 0.25) is 11.1 Å². The number of halogens is 1. The highest BCUT2D eigenvalue weighted by molar-refractivity contribution is 7.99. The van der Waals surface area contributed by atoms with Crippen LogP contribution in [0.25, 0.3) is 0 Å². The van der Waals surface area contributed by atoms with Crippen LogP contribution in [-0.2, 0) is 4.79 Å². The van der Waals surface area contributed by atoms with Crippen molar-refractivity contribution in [1.29, 1.82) is 0 Å². The number of hydrogen-bond acceptors (Lipinski definition) is 4. The summed E-state index contributed by atoms with van der Waals surface area (Å²) in [6.45, 7) is 5.83. The van der Waals surface area contributed by atoms with Crippen LogP contribution >= 0.6 is 11.8 Å². The van der Waals surface area contributed by atoms with E-state index in [2.05, 4.69) is 20.5 Å². The van der Waals surface area contributed by atoms with Crippen LogP contribution in [0.4, 0.5) is 4.39 Å². The van der Waals surface area contributed by atoms with Crippen LogP contribution in [0.3, 0.4) is 0 Å². The fraction of sp³-hybridized carbons (Fsp3) is 0.400. The number of rotatable bonds is 6. The van der Waals surface area contributed by atoms with Gasteiger partial charge in [0.25, 0.3) is 0 Å². The molecule has 0 radical (unpaired) electrons. The first-order valence-corrected chi connectivity index (χ1v) is 8.01.